The van der Waals surface area contributed by atoms with E-state index in [2.05, 4.69) is 60.3 Å². The van der Waals surface area contributed by atoms with Crippen LogP contribution < -0.4 is 0 Å². The minimum Gasteiger partial charge on any atom is -0.118 e. The molecule has 0 radical (unpaired) electrons. The maximum Gasteiger partial charge on any atom is 0.0542 e. The van der Waals surface area contributed by atoms with Gasteiger partial charge in [0.25, 0.3) is 0 Å². The Balaban J connectivity index is 3.22. The van der Waals surface area contributed by atoms with E-state index in [4.69, 9.17) is 11.6 Å². The van der Waals surface area contributed by atoms with Crippen LogP contribution in [0.2, 0.25) is 0 Å². The summed E-state index contributed by atoms with van der Waals surface area (Å²) in [5.74, 6) is 1.68. The van der Waals surface area contributed by atoms with Gasteiger partial charge in [0.05, 0.1) is 4.87 Å². The minimum atomic E-state index is -0.111. The number of hydrogen-bond acceptors (Lipinski definition) is 0. The van der Waals surface area contributed by atoms with Gasteiger partial charge in [-0.3, -0.25) is 0 Å². The topological polar surface area (TPSA) is 0 Å². The Kier molecular flexibility index (Phi) is 7.91. The highest BCUT2D eigenvalue weighted by Crippen LogP contribution is 2.54. The Morgan fingerprint density at radius 3 is 2.39 bits per heavy atom. The molecule has 134 valence electrons. The summed E-state index contributed by atoms with van der Waals surface area (Å²) in [4.78, 5) is -0.111. The lowest BCUT2D eigenvalue weighted by molar-refractivity contribution is 0.141. The molecule has 0 aliphatic heterocycles. The van der Waals surface area contributed by atoms with Gasteiger partial charge in [-0.1, -0.05) is 65.2 Å². The van der Waals surface area contributed by atoms with Crippen molar-refractivity contribution in [2.45, 2.75) is 91.4 Å². The normalized spacial score (nSPS) is 30.1. The first-order valence-corrected chi connectivity index (χ1v) is 10.0. The van der Waals surface area contributed by atoms with Crippen molar-refractivity contribution < 1.29 is 0 Å². The van der Waals surface area contributed by atoms with Gasteiger partial charge >= 0.3 is 0 Å². The van der Waals surface area contributed by atoms with E-state index in [0.29, 0.717) is 23.2 Å². The van der Waals surface area contributed by atoms with Crippen LogP contribution >= 0.6 is 11.6 Å². The van der Waals surface area contributed by atoms with Gasteiger partial charge in [-0.15, -0.1) is 18.2 Å². The molecule has 0 spiro atoms. The second kappa shape index (κ2) is 8.75. The number of rotatable bonds is 7. The molecule has 1 heteroatoms. The van der Waals surface area contributed by atoms with E-state index in [1.54, 1.807) is 5.57 Å². The summed E-state index contributed by atoms with van der Waals surface area (Å²) in [5.41, 5.74) is 1.89. The summed E-state index contributed by atoms with van der Waals surface area (Å²) in [5, 5.41) is 0. The molecule has 0 nitrogen and oxygen atoms in total. The molecule has 0 saturated heterocycles. The lowest BCUT2D eigenvalue weighted by atomic mass is 9.64. The molecule has 23 heavy (non-hydrogen) atoms. The summed E-state index contributed by atoms with van der Waals surface area (Å²) in [6, 6.07) is 0. The van der Waals surface area contributed by atoms with Crippen molar-refractivity contribution in [3.05, 3.63) is 24.3 Å². The number of allylic oxidation sites excluding steroid dienone is 3. The molecule has 0 aromatic rings. The van der Waals surface area contributed by atoms with Gasteiger partial charge in [0.1, 0.15) is 0 Å². The van der Waals surface area contributed by atoms with Crippen molar-refractivity contribution in [3.63, 3.8) is 0 Å². The Morgan fingerprint density at radius 2 is 1.87 bits per heavy atom. The molecular weight excluding hydrogens is 300 g/mol. The Hall–Kier alpha value is -0.230. The maximum absolute atomic E-state index is 7.50. The van der Waals surface area contributed by atoms with Crippen molar-refractivity contribution in [1.82, 2.24) is 0 Å². The van der Waals surface area contributed by atoms with Crippen LogP contribution in [0.5, 0.6) is 0 Å². The van der Waals surface area contributed by atoms with Gasteiger partial charge in [-0.2, -0.15) is 0 Å². The summed E-state index contributed by atoms with van der Waals surface area (Å²) >= 11 is 7.50. The second-order valence-corrected chi connectivity index (χ2v) is 9.43. The Bertz CT molecular complexity index is 404. The van der Waals surface area contributed by atoms with E-state index >= 15 is 0 Å². The van der Waals surface area contributed by atoms with Gasteiger partial charge in [0.15, 0.2) is 0 Å². The molecule has 0 N–H and O–H groups in total. The molecule has 0 amide bonds. The van der Waals surface area contributed by atoms with E-state index in [1.165, 1.54) is 25.7 Å². The van der Waals surface area contributed by atoms with Gasteiger partial charge in [-0.25, -0.2) is 0 Å². The molecule has 0 aromatic carbocycles. The van der Waals surface area contributed by atoms with Gasteiger partial charge in [0, 0.05) is 0 Å². The number of alkyl halides is 1. The quantitative estimate of drug-likeness (QED) is 0.252. The molecule has 3 unspecified atom stereocenters. The molecule has 0 heterocycles. The maximum atomic E-state index is 7.50. The largest absolute Gasteiger partial charge is 0.118 e. The zero-order valence-corrected chi connectivity index (χ0v) is 17.2. The van der Waals surface area contributed by atoms with Crippen LogP contribution in [0.3, 0.4) is 0 Å². The molecule has 3 atom stereocenters. The van der Waals surface area contributed by atoms with Crippen molar-refractivity contribution in [2.75, 3.05) is 0 Å². The highest BCUT2D eigenvalue weighted by molar-refractivity contribution is 6.24. The zero-order valence-electron chi connectivity index (χ0n) is 16.4. The molecule has 0 bridgehead atoms. The molecule has 1 fully saturated rings. The number of halogens is 1. The van der Waals surface area contributed by atoms with Crippen molar-refractivity contribution >= 4 is 11.6 Å². The van der Waals surface area contributed by atoms with Gasteiger partial charge < -0.3 is 0 Å². The third kappa shape index (κ3) is 5.12. The fourth-order valence-corrected chi connectivity index (χ4v) is 5.16. The summed E-state index contributed by atoms with van der Waals surface area (Å²) < 4.78 is 0. The summed E-state index contributed by atoms with van der Waals surface area (Å²) in [7, 11) is 0. The van der Waals surface area contributed by atoms with E-state index in [-0.39, 0.29) is 4.87 Å². The lowest BCUT2D eigenvalue weighted by Gasteiger charge is -2.47. The third-order valence-electron chi connectivity index (χ3n) is 6.22. The highest BCUT2D eigenvalue weighted by Gasteiger charge is 2.49. The molecular formula is C22H39Cl. The van der Waals surface area contributed by atoms with Gasteiger partial charge in [-0.05, 0) is 62.2 Å². The molecule has 1 rings (SSSR count). The predicted octanol–water partition coefficient (Wildman–Crippen LogP) is 7.78. The molecule has 0 aromatic heterocycles. The van der Waals surface area contributed by atoms with Gasteiger partial charge in [0.2, 0.25) is 0 Å². The Morgan fingerprint density at radius 1 is 1.26 bits per heavy atom. The summed E-state index contributed by atoms with van der Waals surface area (Å²) in [6.45, 7) is 18.0. The highest BCUT2D eigenvalue weighted by atomic mass is 35.5. The van der Waals surface area contributed by atoms with Crippen molar-refractivity contribution in [2.24, 2.45) is 23.2 Å². The summed E-state index contributed by atoms with van der Waals surface area (Å²) in [6.07, 6.45) is 12.8. The predicted molar refractivity (Wildman–Crippen MR) is 106 cm³/mol. The standard InChI is InChI=1S/C22H39Cl/c1-8-10-13-20(19(9-2)16-17(3)4)22(23)15-12-11-14-21(6,7)18(22)5/h8-9,17-18,20H,1,10-16H2,2-7H3/b19-9-. The second-order valence-electron chi connectivity index (χ2n) is 8.72. The molecule has 1 saturated carbocycles. The fraction of sp³-hybridized carbons (Fsp3) is 0.818. The Labute approximate surface area is 150 Å². The van der Waals surface area contributed by atoms with E-state index in [1.807, 2.05) is 0 Å². The lowest BCUT2D eigenvalue weighted by Crippen LogP contribution is -2.45. The van der Waals surface area contributed by atoms with Crippen LogP contribution in [0, 0.1) is 23.2 Å². The SMILES string of the molecule is C=CCCC(/C(=C\C)CC(C)C)C1(Cl)CCCCC(C)(C)C1C. The van der Waals surface area contributed by atoms with Crippen molar-refractivity contribution in [1.29, 1.82) is 0 Å². The van der Waals surface area contributed by atoms with Crippen LogP contribution in [0.25, 0.3) is 0 Å². The monoisotopic (exact) mass is 338 g/mol. The first kappa shape index (κ1) is 20.8. The van der Waals surface area contributed by atoms with E-state index in [0.717, 1.165) is 19.3 Å². The average molecular weight is 339 g/mol. The minimum absolute atomic E-state index is 0.111. The molecule has 1 aliphatic carbocycles. The first-order valence-electron chi connectivity index (χ1n) is 9.64. The number of hydrogen-bond donors (Lipinski definition) is 0. The third-order valence-corrected chi connectivity index (χ3v) is 7.00. The van der Waals surface area contributed by atoms with Crippen molar-refractivity contribution in [3.8, 4) is 0 Å². The van der Waals surface area contributed by atoms with Crippen LogP contribution in [0.1, 0.15) is 86.5 Å². The van der Waals surface area contributed by atoms with E-state index in [9.17, 15) is 0 Å². The fourth-order valence-electron chi connectivity index (χ4n) is 4.49. The first-order chi connectivity index (χ1) is 10.7. The van der Waals surface area contributed by atoms with Crippen LogP contribution in [-0.4, -0.2) is 4.87 Å². The van der Waals surface area contributed by atoms with Crippen LogP contribution in [-0.2, 0) is 0 Å². The van der Waals surface area contributed by atoms with E-state index < -0.39 is 0 Å². The van der Waals surface area contributed by atoms with Crippen LogP contribution in [0.15, 0.2) is 24.3 Å². The smallest absolute Gasteiger partial charge is 0.0542 e. The zero-order chi connectivity index (χ0) is 17.7. The molecule has 1 aliphatic rings. The average Bonchev–Trinajstić information content (AvgIpc) is 2.58. The van der Waals surface area contributed by atoms with Crippen LogP contribution in [0.4, 0.5) is 0 Å².